The van der Waals surface area contributed by atoms with Crippen LogP contribution < -0.4 is 5.32 Å². The van der Waals surface area contributed by atoms with Crippen molar-refractivity contribution in [1.29, 1.82) is 0 Å². The van der Waals surface area contributed by atoms with Gasteiger partial charge in [-0.3, -0.25) is 0 Å². The van der Waals surface area contributed by atoms with Crippen LogP contribution in [0.3, 0.4) is 0 Å². The smallest absolute Gasteiger partial charge is 0.250 e. The van der Waals surface area contributed by atoms with Crippen molar-refractivity contribution in [2.75, 3.05) is 6.54 Å². The van der Waals surface area contributed by atoms with Gasteiger partial charge in [-0.2, -0.15) is 0 Å². The van der Waals surface area contributed by atoms with Gasteiger partial charge < -0.3 is 5.32 Å². The molecule has 3 heteroatoms. The molecule has 0 saturated heterocycles. The van der Waals surface area contributed by atoms with E-state index in [9.17, 15) is 8.78 Å². The van der Waals surface area contributed by atoms with Crippen LogP contribution in [0.25, 0.3) is 0 Å². The largest absolute Gasteiger partial charge is 0.307 e. The molecule has 0 fully saturated rings. The molecule has 0 spiro atoms. The van der Waals surface area contributed by atoms with Crippen LogP contribution in [0.2, 0.25) is 0 Å². The Morgan fingerprint density at radius 3 is 2.43 bits per heavy atom. The third-order valence-electron chi connectivity index (χ3n) is 1.75. The third kappa shape index (κ3) is 3.55. The normalized spacial score (nSPS) is 10.1. The summed E-state index contributed by atoms with van der Waals surface area (Å²) >= 11 is 0. The number of hydrogen-bond acceptors (Lipinski definition) is 1. The first kappa shape index (κ1) is 10.7. The van der Waals surface area contributed by atoms with Gasteiger partial charge in [0, 0.05) is 12.1 Å². The number of alkyl halides is 2. The minimum Gasteiger partial charge on any atom is -0.307 e. The van der Waals surface area contributed by atoms with Gasteiger partial charge in [0.05, 0.1) is 6.54 Å². The average Bonchev–Trinajstić information content (AvgIpc) is 2.18. The summed E-state index contributed by atoms with van der Waals surface area (Å²) in [4.78, 5) is 0. The summed E-state index contributed by atoms with van der Waals surface area (Å²) in [6.45, 7) is 0.159. The Morgan fingerprint density at radius 1 is 1.29 bits per heavy atom. The lowest BCUT2D eigenvalue weighted by Crippen LogP contribution is -2.20. The molecule has 1 rings (SSSR count). The van der Waals surface area contributed by atoms with Crippen molar-refractivity contribution in [3.63, 3.8) is 0 Å². The second kappa shape index (κ2) is 5.36. The Balaban J connectivity index is 2.41. The van der Waals surface area contributed by atoms with Gasteiger partial charge in [0.15, 0.2) is 0 Å². The highest BCUT2D eigenvalue weighted by Crippen LogP contribution is 2.02. The summed E-state index contributed by atoms with van der Waals surface area (Å²) in [5.74, 6) is 2.49. The van der Waals surface area contributed by atoms with E-state index in [1.54, 1.807) is 12.1 Å². The van der Waals surface area contributed by atoms with Gasteiger partial charge in [0.25, 0.3) is 6.43 Å². The number of rotatable bonds is 4. The van der Waals surface area contributed by atoms with Crippen LogP contribution in [0.4, 0.5) is 8.78 Å². The predicted molar refractivity (Wildman–Crippen MR) is 52.1 cm³/mol. The molecule has 1 nitrogen and oxygen atoms in total. The fourth-order valence-electron chi connectivity index (χ4n) is 1.04. The molecule has 0 atom stereocenters. The van der Waals surface area contributed by atoms with Crippen molar-refractivity contribution in [3.8, 4) is 12.3 Å². The molecule has 0 aliphatic heterocycles. The van der Waals surface area contributed by atoms with Gasteiger partial charge in [-0.25, -0.2) is 8.78 Å². The van der Waals surface area contributed by atoms with Crippen LogP contribution in [0, 0.1) is 12.3 Å². The monoisotopic (exact) mass is 195 g/mol. The van der Waals surface area contributed by atoms with E-state index in [0.29, 0.717) is 6.54 Å². The van der Waals surface area contributed by atoms with Gasteiger partial charge in [-0.05, 0) is 17.7 Å². The van der Waals surface area contributed by atoms with Gasteiger partial charge in [0.1, 0.15) is 0 Å². The van der Waals surface area contributed by atoms with Crippen LogP contribution in [-0.4, -0.2) is 13.0 Å². The van der Waals surface area contributed by atoms with E-state index in [1.165, 1.54) is 0 Å². The van der Waals surface area contributed by atoms with Gasteiger partial charge >= 0.3 is 0 Å². The van der Waals surface area contributed by atoms with Crippen molar-refractivity contribution in [3.05, 3.63) is 35.4 Å². The molecule has 1 aromatic rings. The minimum absolute atomic E-state index is 0.281. The Labute approximate surface area is 82.1 Å². The Morgan fingerprint density at radius 2 is 1.93 bits per heavy atom. The van der Waals surface area contributed by atoms with Crippen molar-refractivity contribution >= 4 is 0 Å². The van der Waals surface area contributed by atoms with Crippen molar-refractivity contribution in [2.24, 2.45) is 0 Å². The molecule has 0 radical (unpaired) electrons. The summed E-state index contributed by atoms with van der Waals surface area (Å²) in [7, 11) is 0. The molecule has 0 aliphatic rings. The van der Waals surface area contributed by atoms with E-state index < -0.39 is 6.43 Å². The molecular formula is C11H11F2N. The molecular weight excluding hydrogens is 184 g/mol. The lowest BCUT2D eigenvalue weighted by atomic mass is 10.1. The highest BCUT2D eigenvalue weighted by molar-refractivity contribution is 5.34. The predicted octanol–water partition coefficient (Wildman–Crippen LogP) is 2.02. The van der Waals surface area contributed by atoms with Crippen LogP contribution >= 0.6 is 0 Å². The summed E-state index contributed by atoms with van der Waals surface area (Å²) in [6, 6.07) is 7.24. The number of benzene rings is 1. The van der Waals surface area contributed by atoms with Crippen LogP contribution in [0.1, 0.15) is 11.1 Å². The molecule has 0 heterocycles. The van der Waals surface area contributed by atoms with E-state index in [1.807, 2.05) is 12.1 Å². The number of terminal acetylenes is 1. The highest BCUT2D eigenvalue weighted by Gasteiger charge is 2.00. The molecule has 0 unspecified atom stereocenters. The quantitative estimate of drug-likeness (QED) is 0.725. The maximum absolute atomic E-state index is 11.8. The van der Waals surface area contributed by atoms with Crippen molar-refractivity contribution in [1.82, 2.24) is 5.32 Å². The van der Waals surface area contributed by atoms with Gasteiger partial charge in [-0.15, -0.1) is 6.42 Å². The fraction of sp³-hybridized carbons (Fsp3) is 0.273. The van der Waals surface area contributed by atoms with Crippen LogP contribution in [-0.2, 0) is 6.54 Å². The lowest BCUT2D eigenvalue weighted by Gasteiger charge is -2.03. The van der Waals surface area contributed by atoms with Gasteiger partial charge in [-0.1, -0.05) is 18.1 Å². The summed E-state index contributed by atoms with van der Waals surface area (Å²) in [5.41, 5.74) is 1.74. The first-order chi connectivity index (χ1) is 6.72. The Hall–Kier alpha value is -1.40. The molecule has 0 aliphatic carbocycles. The number of hydrogen-bond donors (Lipinski definition) is 1. The molecule has 74 valence electrons. The maximum atomic E-state index is 11.8. The van der Waals surface area contributed by atoms with E-state index in [2.05, 4.69) is 11.2 Å². The second-order valence-corrected chi connectivity index (χ2v) is 2.86. The van der Waals surface area contributed by atoms with Crippen molar-refractivity contribution < 1.29 is 8.78 Å². The zero-order chi connectivity index (χ0) is 10.4. The summed E-state index contributed by atoms with van der Waals surface area (Å²) < 4.78 is 23.5. The Bertz CT molecular complexity index is 311. The summed E-state index contributed by atoms with van der Waals surface area (Å²) in [5, 5.41) is 2.64. The van der Waals surface area contributed by atoms with Crippen LogP contribution in [0.15, 0.2) is 24.3 Å². The molecule has 0 saturated carbocycles. The van der Waals surface area contributed by atoms with E-state index in [4.69, 9.17) is 6.42 Å². The molecule has 0 bridgehead atoms. The SMILES string of the molecule is C#Cc1ccc(CNCC(F)F)cc1. The van der Waals surface area contributed by atoms with E-state index in [-0.39, 0.29) is 6.54 Å². The standard InChI is InChI=1S/C11H11F2N/c1-2-9-3-5-10(6-4-9)7-14-8-11(12)13/h1,3-6,11,14H,7-8H2. The van der Waals surface area contributed by atoms with E-state index in [0.717, 1.165) is 11.1 Å². The molecule has 0 amide bonds. The molecule has 1 aromatic carbocycles. The van der Waals surface area contributed by atoms with Crippen molar-refractivity contribution in [2.45, 2.75) is 13.0 Å². The first-order valence-corrected chi connectivity index (χ1v) is 4.27. The van der Waals surface area contributed by atoms with Gasteiger partial charge in [0.2, 0.25) is 0 Å². The summed E-state index contributed by atoms with van der Waals surface area (Å²) in [6.07, 6.45) is 2.87. The Kier molecular flexibility index (Phi) is 4.09. The zero-order valence-corrected chi connectivity index (χ0v) is 7.63. The number of halogens is 2. The van der Waals surface area contributed by atoms with E-state index >= 15 is 0 Å². The zero-order valence-electron chi connectivity index (χ0n) is 7.63. The third-order valence-corrected chi connectivity index (χ3v) is 1.75. The maximum Gasteiger partial charge on any atom is 0.250 e. The molecule has 14 heavy (non-hydrogen) atoms. The number of nitrogens with one attached hydrogen (secondary N) is 1. The molecule has 0 aromatic heterocycles. The topological polar surface area (TPSA) is 12.0 Å². The minimum atomic E-state index is -2.31. The lowest BCUT2D eigenvalue weighted by molar-refractivity contribution is 0.145. The molecule has 1 N–H and O–H groups in total. The highest BCUT2D eigenvalue weighted by atomic mass is 19.3. The van der Waals surface area contributed by atoms with Crippen LogP contribution in [0.5, 0.6) is 0 Å². The fourth-order valence-corrected chi connectivity index (χ4v) is 1.04. The second-order valence-electron chi connectivity index (χ2n) is 2.86. The first-order valence-electron chi connectivity index (χ1n) is 4.27. The average molecular weight is 195 g/mol.